The molecule has 0 amide bonds. The highest BCUT2D eigenvalue weighted by molar-refractivity contribution is 5.56. The van der Waals surface area contributed by atoms with E-state index in [4.69, 9.17) is 4.42 Å². The Morgan fingerprint density at radius 1 is 1.26 bits per heavy atom. The molecule has 1 heterocycles. The van der Waals surface area contributed by atoms with E-state index >= 15 is 0 Å². The largest absolute Gasteiger partial charge is 0.406 e. The molecule has 1 aromatic carbocycles. The number of nitrogens with one attached hydrogen (secondary N) is 1. The predicted molar refractivity (Wildman–Crippen MR) is 75.5 cm³/mol. The smallest absolute Gasteiger partial charge is 0.322 e. The number of aryl methyl sites for hydroxylation is 1. The number of hydrogen-bond acceptors (Lipinski definition) is 5. The zero-order valence-electron chi connectivity index (χ0n) is 11.7. The number of nitrogens with zero attached hydrogens (tertiary/aromatic N) is 3. The lowest BCUT2D eigenvalue weighted by Crippen LogP contribution is -2.16. The SMILES string of the molecule is CCNCc1nnc(N(CC)c2cccc(C)c2)o1. The predicted octanol–water partition coefficient (Wildman–Crippen LogP) is 2.65. The fraction of sp³-hybridized carbons (Fsp3) is 0.429. The maximum absolute atomic E-state index is 5.67. The third kappa shape index (κ3) is 3.32. The van der Waals surface area contributed by atoms with Crippen molar-refractivity contribution in [3.05, 3.63) is 35.7 Å². The number of aromatic nitrogens is 2. The second-order valence-corrected chi connectivity index (χ2v) is 4.34. The summed E-state index contributed by atoms with van der Waals surface area (Å²) in [5.41, 5.74) is 2.28. The van der Waals surface area contributed by atoms with Crippen molar-refractivity contribution in [3.8, 4) is 0 Å². The van der Waals surface area contributed by atoms with Crippen molar-refractivity contribution in [2.24, 2.45) is 0 Å². The summed E-state index contributed by atoms with van der Waals surface area (Å²) in [7, 11) is 0. The average Bonchev–Trinajstić information content (AvgIpc) is 2.86. The van der Waals surface area contributed by atoms with Gasteiger partial charge in [-0.1, -0.05) is 24.2 Å². The fourth-order valence-corrected chi connectivity index (χ4v) is 1.88. The van der Waals surface area contributed by atoms with Gasteiger partial charge in [0, 0.05) is 12.2 Å². The molecule has 0 bridgehead atoms. The van der Waals surface area contributed by atoms with Crippen LogP contribution in [0.1, 0.15) is 25.3 Å². The van der Waals surface area contributed by atoms with Crippen molar-refractivity contribution in [3.63, 3.8) is 0 Å². The van der Waals surface area contributed by atoms with Crippen LogP contribution in [0.5, 0.6) is 0 Å². The summed E-state index contributed by atoms with van der Waals surface area (Å²) in [4.78, 5) is 2.01. The molecule has 0 spiro atoms. The van der Waals surface area contributed by atoms with Gasteiger partial charge < -0.3 is 9.73 Å². The van der Waals surface area contributed by atoms with E-state index in [-0.39, 0.29) is 0 Å². The first kappa shape index (κ1) is 13.5. The Bertz CT molecular complexity index is 524. The number of hydrogen-bond donors (Lipinski definition) is 1. The quantitative estimate of drug-likeness (QED) is 0.865. The summed E-state index contributed by atoms with van der Waals surface area (Å²) in [6.07, 6.45) is 0. The molecule has 102 valence electrons. The molecule has 0 saturated heterocycles. The van der Waals surface area contributed by atoms with E-state index < -0.39 is 0 Å². The fourth-order valence-electron chi connectivity index (χ4n) is 1.88. The highest BCUT2D eigenvalue weighted by Gasteiger charge is 2.14. The van der Waals surface area contributed by atoms with Crippen molar-refractivity contribution >= 4 is 11.7 Å². The van der Waals surface area contributed by atoms with Crippen LogP contribution in [-0.4, -0.2) is 23.3 Å². The van der Waals surface area contributed by atoms with E-state index in [1.54, 1.807) is 0 Å². The van der Waals surface area contributed by atoms with Gasteiger partial charge in [0.1, 0.15) is 0 Å². The Hall–Kier alpha value is -1.88. The Kier molecular flexibility index (Phi) is 4.52. The minimum absolute atomic E-state index is 0.543. The van der Waals surface area contributed by atoms with Gasteiger partial charge in [-0.3, -0.25) is 4.90 Å². The van der Waals surface area contributed by atoms with Crippen molar-refractivity contribution in [1.82, 2.24) is 15.5 Å². The lowest BCUT2D eigenvalue weighted by molar-refractivity contribution is 0.473. The van der Waals surface area contributed by atoms with Gasteiger partial charge in [0.2, 0.25) is 5.89 Å². The first-order valence-electron chi connectivity index (χ1n) is 6.62. The Balaban J connectivity index is 2.19. The van der Waals surface area contributed by atoms with Gasteiger partial charge in [-0.05, 0) is 38.1 Å². The van der Waals surface area contributed by atoms with Gasteiger partial charge >= 0.3 is 6.01 Å². The van der Waals surface area contributed by atoms with E-state index in [9.17, 15) is 0 Å². The molecule has 0 unspecified atom stereocenters. The summed E-state index contributed by atoms with van der Waals surface area (Å²) in [5.74, 6) is 0.614. The molecule has 0 fully saturated rings. The molecular formula is C14H20N4O. The van der Waals surface area contributed by atoms with Gasteiger partial charge in [0.15, 0.2) is 0 Å². The van der Waals surface area contributed by atoms with Crippen LogP contribution in [0.25, 0.3) is 0 Å². The second kappa shape index (κ2) is 6.33. The molecule has 0 aliphatic carbocycles. The minimum atomic E-state index is 0.543. The highest BCUT2D eigenvalue weighted by Crippen LogP contribution is 2.24. The average molecular weight is 260 g/mol. The van der Waals surface area contributed by atoms with Crippen LogP contribution in [-0.2, 0) is 6.54 Å². The van der Waals surface area contributed by atoms with E-state index in [1.165, 1.54) is 5.56 Å². The minimum Gasteiger partial charge on any atom is -0.406 e. The zero-order valence-corrected chi connectivity index (χ0v) is 11.7. The Morgan fingerprint density at radius 2 is 2.11 bits per heavy atom. The van der Waals surface area contributed by atoms with Crippen LogP contribution >= 0.6 is 0 Å². The highest BCUT2D eigenvalue weighted by atomic mass is 16.4. The van der Waals surface area contributed by atoms with E-state index in [0.29, 0.717) is 18.5 Å². The maximum Gasteiger partial charge on any atom is 0.322 e. The zero-order chi connectivity index (χ0) is 13.7. The molecule has 1 N–H and O–H groups in total. The standard InChI is InChI=1S/C14H20N4O/c1-4-15-10-13-16-17-14(19-13)18(5-2)12-8-6-7-11(3)9-12/h6-9,15H,4-5,10H2,1-3H3. The molecule has 0 aliphatic heterocycles. The second-order valence-electron chi connectivity index (χ2n) is 4.34. The Morgan fingerprint density at radius 3 is 2.79 bits per heavy atom. The van der Waals surface area contributed by atoms with Gasteiger partial charge in [-0.25, -0.2) is 0 Å². The molecular weight excluding hydrogens is 240 g/mol. The monoisotopic (exact) mass is 260 g/mol. The van der Waals surface area contributed by atoms with Crippen molar-refractivity contribution in [2.45, 2.75) is 27.3 Å². The molecule has 2 rings (SSSR count). The van der Waals surface area contributed by atoms with Crippen LogP contribution in [0, 0.1) is 6.92 Å². The summed E-state index contributed by atoms with van der Waals surface area (Å²) in [6, 6.07) is 8.80. The lowest BCUT2D eigenvalue weighted by atomic mass is 10.2. The molecule has 19 heavy (non-hydrogen) atoms. The normalized spacial score (nSPS) is 10.7. The van der Waals surface area contributed by atoms with Crippen LogP contribution in [0.2, 0.25) is 0 Å². The van der Waals surface area contributed by atoms with E-state index in [1.807, 2.05) is 24.0 Å². The Labute approximate surface area is 113 Å². The van der Waals surface area contributed by atoms with Crippen molar-refractivity contribution < 1.29 is 4.42 Å². The number of rotatable bonds is 6. The third-order valence-electron chi connectivity index (χ3n) is 2.84. The van der Waals surface area contributed by atoms with Crippen molar-refractivity contribution in [2.75, 3.05) is 18.0 Å². The van der Waals surface area contributed by atoms with Crippen LogP contribution < -0.4 is 10.2 Å². The lowest BCUT2D eigenvalue weighted by Gasteiger charge is -2.18. The van der Waals surface area contributed by atoms with Gasteiger partial charge in [0.25, 0.3) is 0 Å². The number of benzene rings is 1. The summed E-state index contributed by atoms with van der Waals surface area (Å²) in [6.45, 7) is 8.45. The first-order chi connectivity index (χ1) is 9.24. The van der Waals surface area contributed by atoms with Crippen LogP contribution in [0.15, 0.2) is 28.7 Å². The first-order valence-corrected chi connectivity index (χ1v) is 6.62. The van der Waals surface area contributed by atoms with E-state index in [0.717, 1.165) is 18.8 Å². The summed E-state index contributed by atoms with van der Waals surface area (Å²) in [5, 5.41) is 11.3. The molecule has 0 radical (unpaired) electrons. The summed E-state index contributed by atoms with van der Waals surface area (Å²) < 4.78 is 5.67. The van der Waals surface area contributed by atoms with Crippen LogP contribution in [0.4, 0.5) is 11.7 Å². The molecule has 0 saturated carbocycles. The molecule has 5 heteroatoms. The van der Waals surface area contributed by atoms with Gasteiger partial charge in [-0.2, -0.15) is 0 Å². The molecule has 1 aromatic heterocycles. The molecule has 2 aromatic rings. The van der Waals surface area contributed by atoms with Gasteiger partial charge in [0.05, 0.1) is 6.54 Å². The molecule has 0 aliphatic rings. The maximum atomic E-state index is 5.67. The van der Waals surface area contributed by atoms with Crippen LogP contribution in [0.3, 0.4) is 0 Å². The van der Waals surface area contributed by atoms with Gasteiger partial charge in [-0.15, -0.1) is 5.10 Å². The summed E-state index contributed by atoms with van der Waals surface area (Å²) >= 11 is 0. The van der Waals surface area contributed by atoms with E-state index in [2.05, 4.69) is 41.5 Å². The molecule has 0 atom stereocenters. The third-order valence-corrected chi connectivity index (χ3v) is 2.84. The molecule has 5 nitrogen and oxygen atoms in total. The number of anilines is 2. The topological polar surface area (TPSA) is 54.2 Å². The van der Waals surface area contributed by atoms with Crippen molar-refractivity contribution in [1.29, 1.82) is 0 Å².